The molecule has 8 heteroatoms. The maximum absolute atomic E-state index is 12.1. The molecule has 0 aliphatic carbocycles. The van der Waals surface area contributed by atoms with Crippen LogP contribution in [0, 0.1) is 5.41 Å². The second kappa shape index (κ2) is 7.28. The van der Waals surface area contributed by atoms with E-state index in [0.29, 0.717) is 17.6 Å². The van der Waals surface area contributed by atoms with E-state index in [2.05, 4.69) is 27.6 Å². The average molecular weight is 362 g/mol. The number of benzene rings is 1. The maximum Gasteiger partial charge on any atom is 0.305 e. The van der Waals surface area contributed by atoms with Crippen molar-refractivity contribution in [3.8, 4) is 0 Å². The Balaban J connectivity index is 1.49. The molecule has 3 aromatic heterocycles. The fourth-order valence-corrected chi connectivity index (χ4v) is 2.88. The van der Waals surface area contributed by atoms with E-state index in [4.69, 9.17) is 9.83 Å². The van der Waals surface area contributed by atoms with Crippen molar-refractivity contribution in [2.75, 3.05) is 5.43 Å². The van der Waals surface area contributed by atoms with Crippen LogP contribution >= 0.6 is 0 Å². The van der Waals surface area contributed by atoms with Crippen molar-refractivity contribution in [1.29, 1.82) is 5.41 Å². The fourth-order valence-electron chi connectivity index (χ4n) is 2.88. The zero-order valence-corrected chi connectivity index (χ0v) is 14.5. The van der Waals surface area contributed by atoms with Gasteiger partial charge in [-0.25, -0.2) is 14.3 Å². The number of aromatic nitrogens is 4. The lowest BCUT2D eigenvalue weighted by Gasteiger charge is -2.08. The zero-order chi connectivity index (χ0) is 18.6. The summed E-state index contributed by atoms with van der Waals surface area (Å²) in [5.41, 5.74) is 4.58. The van der Waals surface area contributed by atoms with E-state index in [9.17, 15) is 4.79 Å². The zero-order valence-electron chi connectivity index (χ0n) is 14.5. The van der Waals surface area contributed by atoms with Gasteiger partial charge in [0.05, 0.1) is 17.8 Å². The van der Waals surface area contributed by atoms with Gasteiger partial charge >= 0.3 is 5.91 Å². The van der Waals surface area contributed by atoms with Crippen LogP contribution in [0.25, 0.3) is 11.0 Å². The number of furan rings is 1. The minimum Gasteiger partial charge on any atom is -0.459 e. The topological polar surface area (TPSA) is 102 Å². The molecule has 0 fully saturated rings. The van der Waals surface area contributed by atoms with Crippen molar-refractivity contribution >= 4 is 16.9 Å². The quantitative estimate of drug-likeness (QED) is 0.549. The predicted molar refractivity (Wildman–Crippen MR) is 98.5 cm³/mol. The Morgan fingerprint density at radius 3 is 2.81 bits per heavy atom. The summed E-state index contributed by atoms with van der Waals surface area (Å²) in [5.74, 6) is -0.284. The van der Waals surface area contributed by atoms with Gasteiger partial charge in [0.15, 0.2) is 16.9 Å². The summed E-state index contributed by atoms with van der Waals surface area (Å²) in [5, 5.41) is 13.2. The van der Waals surface area contributed by atoms with Gasteiger partial charge in [0.25, 0.3) is 0 Å². The molecule has 2 N–H and O–H groups in total. The van der Waals surface area contributed by atoms with E-state index < -0.39 is 5.91 Å². The van der Waals surface area contributed by atoms with Crippen molar-refractivity contribution in [3.63, 3.8) is 0 Å². The minimum atomic E-state index is -0.449. The monoisotopic (exact) mass is 362 g/mol. The summed E-state index contributed by atoms with van der Waals surface area (Å²) in [4.78, 5) is 16.4. The molecular formula is C19H18N6O2. The van der Waals surface area contributed by atoms with Crippen molar-refractivity contribution in [1.82, 2.24) is 19.4 Å². The number of fused-ring (bicyclic) bond motifs is 1. The number of amides is 1. The molecule has 136 valence electrons. The standard InChI is InChI=1S/C19H18N6O2/c20-17-15-12-22-24(10-4-8-14-6-2-1-3-7-14)18(15)21-13-25(17)23-19(26)16-9-5-11-27-16/h1-3,5-7,9,11-13,20H,4,8,10H2,(H,23,26). The van der Waals surface area contributed by atoms with Gasteiger partial charge in [0.2, 0.25) is 0 Å². The smallest absolute Gasteiger partial charge is 0.305 e. The molecule has 0 spiro atoms. The lowest BCUT2D eigenvalue weighted by molar-refractivity contribution is 0.0980. The average Bonchev–Trinajstić information content (AvgIpc) is 3.35. The molecule has 0 atom stereocenters. The third-order valence-corrected chi connectivity index (χ3v) is 4.25. The first-order chi connectivity index (χ1) is 13.2. The molecule has 0 aliphatic rings. The normalized spacial score (nSPS) is 11.0. The van der Waals surface area contributed by atoms with E-state index in [1.807, 2.05) is 18.2 Å². The number of hydrogen-bond acceptors (Lipinski definition) is 5. The molecule has 1 amide bonds. The van der Waals surface area contributed by atoms with Crippen molar-refractivity contribution in [2.45, 2.75) is 19.4 Å². The molecule has 0 aliphatic heterocycles. The molecule has 0 radical (unpaired) electrons. The Morgan fingerprint density at radius 1 is 1.19 bits per heavy atom. The van der Waals surface area contributed by atoms with Crippen molar-refractivity contribution < 1.29 is 9.21 Å². The van der Waals surface area contributed by atoms with Gasteiger partial charge in [-0.2, -0.15) is 5.10 Å². The van der Waals surface area contributed by atoms with E-state index in [1.54, 1.807) is 23.0 Å². The summed E-state index contributed by atoms with van der Waals surface area (Å²) < 4.78 is 8.10. The van der Waals surface area contributed by atoms with Crippen LogP contribution in [0.2, 0.25) is 0 Å². The molecule has 8 nitrogen and oxygen atoms in total. The number of nitrogens with zero attached hydrogens (tertiary/aromatic N) is 4. The molecular weight excluding hydrogens is 344 g/mol. The first kappa shape index (κ1) is 16.8. The molecule has 4 rings (SSSR count). The van der Waals surface area contributed by atoms with Crippen molar-refractivity contribution in [3.05, 3.63) is 78.1 Å². The van der Waals surface area contributed by atoms with Crippen LogP contribution in [0.3, 0.4) is 0 Å². The minimum absolute atomic E-state index is 0.106. The second-order valence-corrected chi connectivity index (χ2v) is 6.08. The highest BCUT2D eigenvalue weighted by Crippen LogP contribution is 2.09. The second-order valence-electron chi connectivity index (χ2n) is 6.08. The molecule has 0 saturated carbocycles. The van der Waals surface area contributed by atoms with Crippen LogP contribution in [0.15, 0.2) is 65.7 Å². The van der Waals surface area contributed by atoms with Crippen LogP contribution in [0.5, 0.6) is 0 Å². The van der Waals surface area contributed by atoms with Gasteiger partial charge in [-0.1, -0.05) is 30.3 Å². The van der Waals surface area contributed by atoms with Crippen LogP contribution in [0.4, 0.5) is 0 Å². The summed E-state index contributed by atoms with van der Waals surface area (Å²) in [6.07, 6.45) is 6.29. The molecule has 0 unspecified atom stereocenters. The van der Waals surface area contributed by atoms with Gasteiger partial charge < -0.3 is 4.42 Å². The first-order valence-corrected chi connectivity index (χ1v) is 8.59. The lowest BCUT2D eigenvalue weighted by atomic mass is 10.1. The van der Waals surface area contributed by atoms with Gasteiger partial charge in [-0.05, 0) is 30.5 Å². The third kappa shape index (κ3) is 3.50. The molecule has 3 heterocycles. The molecule has 27 heavy (non-hydrogen) atoms. The largest absolute Gasteiger partial charge is 0.459 e. The summed E-state index contributed by atoms with van der Waals surface area (Å²) in [6, 6.07) is 13.4. The summed E-state index contributed by atoms with van der Waals surface area (Å²) >= 11 is 0. The lowest BCUT2D eigenvalue weighted by Crippen LogP contribution is -2.33. The first-order valence-electron chi connectivity index (χ1n) is 8.59. The molecule has 0 bridgehead atoms. The third-order valence-electron chi connectivity index (χ3n) is 4.25. The Morgan fingerprint density at radius 2 is 2.04 bits per heavy atom. The van der Waals surface area contributed by atoms with E-state index in [1.165, 1.54) is 22.8 Å². The highest BCUT2D eigenvalue weighted by Gasteiger charge is 2.12. The Bertz CT molecular complexity index is 1110. The van der Waals surface area contributed by atoms with Crippen LogP contribution < -0.4 is 10.9 Å². The van der Waals surface area contributed by atoms with Crippen LogP contribution in [0.1, 0.15) is 22.5 Å². The van der Waals surface area contributed by atoms with Crippen LogP contribution in [-0.2, 0) is 13.0 Å². The van der Waals surface area contributed by atoms with Gasteiger partial charge in [0.1, 0.15) is 6.33 Å². The van der Waals surface area contributed by atoms with E-state index in [-0.39, 0.29) is 11.2 Å². The number of hydrogen-bond donors (Lipinski definition) is 2. The van der Waals surface area contributed by atoms with Crippen LogP contribution in [-0.4, -0.2) is 25.3 Å². The Kier molecular flexibility index (Phi) is 4.52. The number of carbonyl (C=O) groups is 1. The van der Waals surface area contributed by atoms with Crippen molar-refractivity contribution in [2.24, 2.45) is 0 Å². The summed E-state index contributed by atoms with van der Waals surface area (Å²) in [7, 11) is 0. The molecule has 0 saturated heterocycles. The molecule has 1 aromatic carbocycles. The van der Waals surface area contributed by atoms with Gasteiger partial charge in [-0.3, -0.25) is 15.6 Å². The highest BCUT2D eigenvalue weighted by molar-refractivity contribution is 5.97. The van der Waals surface area contributed by atoms with Gasteiger partial charge in [0, 0.05) is 6.54 Å². The Labute approximate surface area is 154 Å². The number of rotatable bonds is 6. The Hall–Kier alpha value is -3.68. The fraction of sp³-hybridized carbons (Fsp3) is 0.158. The maximum atomic E-state index is 12.1. The molecule has 4 aromatic rings. The SMILES string of the molecule is N=c1c2cnn(CCCc3ccccc3)c2ncn1NC(=O)c1ccco1. The number of carbonyl (C=O) groups excluding carboxylic acids is 1. The highest BCUT2D eigenvalue weighted by atomic mass is 16.3. The summed E-state index contributed by atoms with van der Waals surface area (Å²) in [6.45, 7) is 0.702. The predicted octanol–water partition coefficient (Wildman–Crippen LogP) is 2.32. The van der Waals surface area contributed by atoms with E-state index in [0.717, 1.165) is 12.8 Å². The van der Waals surface area contributed by atoms with E-state index >= 15 is 0 Å². The van der Waals surface area contributed by atoms with Gasteiger partial charge in [-0.15, -0.1) is 0 Å². The number of aryl methyl sites for hydroxylation is 2. The number of nitrogens with one attached hydrogen (secondary N) is 2.